The van der Waals surface area contributed by atoms with Gasteiger partial charge in [-0.2, -0.15) is 5.10 Å². The second kappa shape index (κ2) is 5.35. The topological polar surface area (TPSA) is 85.9 Å². The number of hydrogen-bond donors (Lipinski definition) is 1. The molecule has 0 amide bonds. The van der Waals surface area contributed by atoms with E-state index in [1.54, 1.807) is 18.5 Å². The number of anilines is 1. The molecular weight excluding hydrogens is 373 g/mol. The first-order valence-electron chi connectivity index (χ1n) is 6.20. The van der Waals surface area contributed by atoms with Crippen LogP contribution in [0.2, 0.25) is 0 Å². The second-order valence-corrected chi connectivity index (χ2v) is 5.90. The Morgan fingerprint density at radius 1 is 1.50 bits per heavy atom. The van der Waals surface area contributed by atoms with Gasteiger partial charge in [-0.05, 0) is 41.1 Å². The molecule has 2 aromatic rings. The van der Waals surface area contributed by atoms with Gasteiger partial charge < -0.3 is 5.32 Å². The molecule has 7 nitrogen and oxygen atoms in total. The minimum Gasteiger partial charge on any atom is -0.375 e. The molecule has 3 rings (SSSR count). The highest BCUT2D eigenvalue weighted by Gasteiger charge is 2.22. The molecule has 0 spiro atoms. The van der Waals surface area contributed by atoms with Gasteiger partial charge in [0.2, 0.25) is 0 Å². The molecule has 1 aromatic carbocycles. The summed E-state index contributed by atoms with van der Waals surface area (Å²) in [6.07, 6.45) is 3.27. The number of halogens is 1. The Kier molecular flexibility index (Phi) is 3.55. The third-order valence-corrected chi connectivity index (χ3v) is 3.99. The Labute approximate surface area is 128 Å². The minimum atomic E-state index is -0.353. The lowest BCUT2D eigenvalue weighted by Gasteiger charge is -2.24. The predicted octanol–water partition coefficient (Wildman–Crippen LogP) is 2.22. The van der Waals surface area contributed by atoms with E-state index in [1.165, 1.54) is 0 Å². The summed E-state index contributed by atoms with van der Waals surface area (Å²) in [6.45, 7) is 0.679. The van der Waals surface area contributed by atoms with Crippen molar-refractivity contribution in [1.82, 2.24) is 14.8 Å². The summed E-state index contributed by atoms with van der Waals surface area (Å²) in [5.41, 5.74) is 0.672. The lowest BCUT2D eigenvalue weighted by molar-refractivity contribution is -0.384. The number of nitro benzene ring substituents is 1. The number of rotatable bonds is 3. The summed E-state index contributed by atoms with van der Waals surface area (Å²) in [7, 11) is 0. The van der Waals surface area contributed by atoms with Gasteiger partial charge in [-0.15, -0.1) is 0 Å². The number of aryl methyl sites for hydroxylation is 1. The van der Waals surface area contributed by atoms with Crippen LogP contribution in [0.5, 0.6) is 0 Å². The number of aromatic nitrogens is 3. The van der Waals surface area contributed by atoms with E-state index in [0.29, 0.717) is 12.2 Å². The molecule has 0 saturated carbocycles. The first-order chi connectivity index (χ1) is 9.63. The first kappa shape index (κ1) is 13.3. The summed E-state index contributed by atoms with van der Waals surface area (Å²) in [4.78, 5) is 14.9. The number of fused-ring (bicyclic) bond motifs is 1. The maximum Gasteiger partial charge on any atom is 0.293 e. The predicted molar refractivity (Wildman–Crippen MR) is 81.6 cm³/mol. The van der Waals surface area contributed by atoms with E-state index in [0.717, 1.165) is 22.2 Å². The van der Waals surface area contributed by atoms with Crippen LogP contribution >= 0.6 is 22.6 Å². The fraction of sp³-hybridized carbons (Fsp3) is 0.333. The standard InChI is InChI=1S/C12H12IN5O2/c13-8-1-3-10(11(5-8)18(19)20)16-9-2-4-12-14-7-15-17(12)6-9/h1,3,5,7,9,16H,2,4,6H2. The van der Waals surface area contributed by atoms with Crippen molar-refractivity contribution in [3.63, 3.8) is 0 Å². The molecule has 0 radical (unpaired) electrons. The van der Waals surface area contributed by atoms with Gasteiger partial charge in [0.05, 0.1) is 11.5 Å². The van der Waals surface area contributed by atoms with E-state index < -0.39 is 0 Å². The molecule has 1 aliphatic heterocycles. The van der Waals surface area contributed by atoms with Crippen LogP contribution in [0, 0.1) is 13.7 Å². The van der Waals surface area contributed by atoms with Gasteiger partial charge >= 0.3 is 0 Å². The SMILES string of the molecule is O=[N+]([O-])c1cc(I)ccc1NC1CCc2ncnn2C1. The lowest BCUT2D eigenvalue weighted by atomic mass is 10.1. The quantitative estimate of drug-likeness (QED) is 0.498. The van der Waals surface area contributed by atoms with Gasteiger partial charge in [-0.25, -0.2) is 9.67 Å². The monoisotopic (exact) mass is 385 g/mol. The van der Waals surface area contributed by atoms with Crippen molar-refractivity contribution in [3.8, 4) is 0 Å². The Hall–Kier alpha value is -1.71. The second-order valence-electron chi connectivity index (χ2n) is 4.66. The van der Waals surface area contributed by atoms with Crippen molar-refractivity contribution in [3.05, 3.63) is 44.0 Å². The molecule has 1 N–H and O–H groups in total. The summed E-state index contributed by atoms with van der Waals surface area (Å²) in [5.74, 6) is 0.972. The van der Waals surface area contributed by atoms with Crippen LogP contribution in [0.4, 0.5) is 11.4 Å². The van der Waals surface area contributed by atoms with Gasteiger partial charge in [-0.1, -0.05) is 0 Å². The Balaban J connectivity index is 1.81. The number of nitro groups is 1. The number of benzene rings is 1. The Morgan fingerprint density at radius 2 is 2.35 bits per heavy atom. The van der Waals surface area contributed by atoms with E-state index in [9.17, 15) is 10.1 Å². The average Bonchev–Trinajstić information content (AvgIpc) is 2.88. The van der Waals surface area contributed by atoms with Crippen LogP contribution in [0.25, 0.3) is 0 Å². The smallest absolute Gasteiger partial charge is 0.293 e. The molecular formula is C12H12IN5O2. The van der Waals surface area contributed by atoms with E-state index in [-0.39, 0.29) is 16.7 Å². The number of hydrogen-bond acceptors (Lipinski definition) is 5. The fourth-order valence-corrected chi connectivity index (χ4v) is 2.83. The zero-order valence-corrected chi connectivity index (χ0v) is 12.6. The molecule has 1 atom stereocenters. The number of nitrogens with zero attached hydrogens (tertiary/aromatic N) is 4. The summed E-state index contributed by atoms with van der Waals surface area (Å²) >= 11 is 2.07. The summed E-state index contributed by atoms with van der Waals surface area (Å²) in [5, 5.41) is 18.5. The van der Waals surface area contributed by atoms with Crippen molar-refractivity contribution in [2.24, 2.45) is 0 Å². The summed E-state index contributed by atoms with van der Waals surface area (Å²) in [6, 6.07) is 5.33. The van der Waals surface area contributed by atoms with Crippen molar-refractivity contribution >= 4 is 34.0 Å². The van der Waals surface area contributed by atoms with Crippen molar-refractivity contribution in [2.45, 2.75) is 25.4 Å². The summed E-state index contributed by atoms with van der Waals surface area (Å²) < 4.78 is 2.70. The maximum absolute atomic E-state index is 11.1. The lowest BCUT2D eigenvalue weighted by Crippen LogP contribution is -2.32. The first-order valence-corrected chi connectivity index (χ1v) is 7.28. The van der Waals surface area contributed by atoms with Gasteiger partial charge in [0, 0.05) is 22.1 Å². The van der Waals surface area contributed by atoms with E-state index in [4.69, 9.17) is 0 Å². The van der Waals surface area contributed by atoms with Crippen LogP contribution in [0.15, 0.2) is 24.5 Å². The Morgan fingerprint density at radius 3 is 3.15 bits per heavy atom. The highest BCUT2D eigenvalue weighted by atomic mass is 127. The van der Waals surface area contributed by atoms with Gasteiger partial charge in [0.15, 0.2) is 0 Å². The van der Waals surface area contributed by atoms with Crippen LogP contribution in [-0.2, 0) is 13.0 Å². The van der Waals surface area contributed by atoms with E-state index in [2.05, 4.69) is 38.0 Å². The van der Waals surface area contributed by atoms with Crippen LogP contribution < -0.4 is 5.32 Å². The molecule has 0 bridgehead atoms. The largest absolute Gasteiger partial charge is 0.375 e. The average molecular weight is 385 g/mol. The van der Waals surface area contributed by atoms with Gasteiger partial charge in [-0.3, -0.25) is 10.1 Å². The number of nitrogens with one attached hydrogen (secondary N) is 1. The molecule has 1 unspecified atom stereocenters. The van der Waals surface area contributed by atoms with Gasteiger partial charge in [0.25, 0.3) is 5.69 Å². The van der Waals surface area contributed by atoms with E-state index in [1.807, 2.05) is 10.7 Å². The molecule has 1 aromatic heterocycles. The highest BCUT2D eigenvalue weighted by Crippen LogP contribution is 2.28. The molecule has 2 heterocycles. The fourth-order valence-electron chi connectivity index (χ4n) is 2.35. The zero-order valence-electron chi connectivity index (χ0n) is 10.5. The zero-order chi connectivity index (χ0) is 14.1. The molecule has 0 saturated heterocycles. The molecule has 104 valence electrons. The van der Waals surface area contributed by atoms with Crippen molar-refractivity contribution in [1.29, 1.82) is 0 Å². The molecule has 20 heavy (non-hydrogen) atoms. The Bertz CT molecular complexity index is 657. The van der Waals surface area contributed by atoms with Crippen molar-refractivity contribution in [2.75, 3.05) is 5.32 Å². The van der Waals surface area contributed by atoms with Crippen LogP contribution in [0.3, 0.4) is 0 Å². The van der Waals surface area contributed by atoms with E-state index >= 15 is 0 Å². The molecule has 1 aliphatic rings. The molecule has 0 aliphatic carbocycles. The molecule has 8 heteroatoms. The maximum atomic E-state index is 11.1. The third-order valence-electron chi connectivity index (χ3n) is 3.32. The highest BCUT2D eigenvalue weighted by molar-refractivity contribution is 14.1. The van der Waals surface area contributed by atoms with Crippen molar-refractivity contribution < 1.29 is 4.92 Å². The van der Waals surface area contributed by atoms with Crippen LogP contribution in [0.1, 0.15) is 12.2 Å². The normalized spacial score (nSPS) is 17.6. The third kappa shape index (κ3) is 2.60. The minimum absolute atomic E-state index is 0.112. The molecule has 0 fully saturated rings. The van der Waals surface area contributed by atoms with Gasteiger partial charge in [0.1, 0.15) is 17.8 Å². The van der Waals surface area contributed by atoms with Crippen LogP contribution in [-0.4, -0.2) is 25.7 Å².